The van der Waals surface area contributed by atoms with Crippen LogP contribution < -0.4 is 5.32 Å². The number of hydrogen-bond donors (Lipinski definition) is 1. The molecule has 1 heterocycles. The SMILES string of the molecule is CC(C)NCC1(CC2CCCC2)CCOC1C1CC1. The summed E-state index contributed by atoms with van der Waals surface area (Å²) in [6, 6.07) is 0.598. The highest BCUT2D eigenvalue weighted by Crippen LogP contribution is 2.52. The normalized spacial score (nSPS) is 36.5. The number of rotatable bonds is 6. The molecule has 3 fully saturated rings. The Bertz CT molecular complexity index is 294. The monoisotopic (exact) mass is 265 g/mol. The predicted molar refractivity (Wildman–Crippen MR) is 79.2 cm³/mol. The van der Waals surface area contributed by atoms with Crippen LogP contribution in [0.3, 0.4) is 0 Å². The van der Waals surface area contributed by atoms with E-state index in [1.165, 1.54) is 57.9 Å². The van der Waals surface area contributed by atoms with Gasteiger partial charge in [0.1, 0.15) is 0 Å². The summed E-state index contributed by atoms with van der Waals surface area (Å²) in [4.78, 5) is 0. The van der Waals surface area contributed by atoms with E-state index in [9.17, 15) is 0 Å². The van der Waals surface area contributed by atoms with E-state index in [-0.39, 0.29) is 0 Å². The maximum atomic E-state index is 6.20. The zero-order valence-corrected chi connectivity index (χ0v) is 12.8. The molecule has 0 amide bonds. The summed E-state index contributed by atoms with van der Waals surface area (Å²) < 4.78 is 6.20. The van der Waals surface area contributed by atoms with Crippen molar-refractivity contribution in [2.24, 2.45) is 17.3 Å². The van der Waals surface area contributed by atoms with Crippen LogP contribution >= 0.6 is 0 Å². The zero-order valence-electron chi connectivity index (χ0n) is 12.8. The summed E-state index contributed by atoms with van der Waals surface area (Å²) in [6.07, 6.45) is 12.0. The van der Waals surface area contributed by atoms with Crippen molar-refractivity contribution >= 4 is 0 Å². The van der Waals surface area contributed by atoms with Crippen molar-refractivity contribution in [3.8, 4) is 0 Å². The third-order valence-corrected chi connectivity index (χ3v) is 5.58. The Balaban J connectivity index is 1.69. The molecule has 2 unspecified atom stereocenters. The van der Waals surface area contributed by atoms with Gasteiger partial charge in [0.05, 0.1) is 6.10 Å². The summed E-state index contributed by atoms with van der Waals surface area (Å²) in [5.41, 5.74) is 0.459. The highest BCUT2D eigenvalue weighted by atomic mass is 16.5. The third-order valence-electron chi connectivity index (χ3n) is 5.58. The second-order valence-corrected chi connectivity index (χ2v) is 7.63. The van der Waals surface area contributed by atoms with E-state index in [1.54, 1.807) is 0 Å². The molecule has 2 nitrogen and oxygen atoms in total. The van der Waals surface area contributed by atoms with E-state index in [2.05, 4.69) is 19.2 Å². The van der Waals surface area contributed by atoms with Gasteiger partial charge < -0.3 is 10.1 Å². The molecule has 0 radical (unpaired) electrons. The average Bonchev–Trinajstić information content (AvgIpc) is 2.94. The van der Waals surface area contributed by atoms with Crippen molar-refractivity contribution in [2.45, 2.75) is 77.4 Å². The lowest BCUT2D eigenvalue weighted by Gasteiger charge is -2.37. The minimum Gasteiger partial charge on any atom is -0.377 e. The van der Waals surface area contributed by atoms with Gasteiger partial charge in [-0.1, -0.05) is 39.5 Å². The Morgan fingerprint density at radius 1 is 1.16 bits per heavy atom. The van der Waals surface area contributed by atoms with Gasteiger partial charge in [0.25, 0.3) is 0 Å². The van der Waals surface area contributed by atoms with Crippen molar-refractivity contribution < 1.29 is 4.74 Å². The molecule has 1 saturated heterocycles. The van der Waals surface area contributed by atoms with Crippen LogP contribution in [0.2, 0.25) is 0 Å². The predicted octanol–water partition coefficient (Wildman–Crippen LogP) is 3.75. The number of nitrogens with one attached hydrogen (secondary N) is 1. The first-order valence-corrected chi connectivity index (χ1v) is 8.55. The van der Waals surface area contributed by atoms with Gasteiger partial charge >= 0.3 is 0 Å². The van der Waals surface area contributed by atoms with Gasteiger partial charge in [0.2, 0.25) is 0 Å². The van der Waals surface area contributed by atoms with Crippen molar-refractivity contribution in [2.75, 3.05) is 13.2 Å². The van der Waals surface area contributed by atoms with Gasteiger partial charge in [-0.2, -0.15) is 0 Å². The maximum absolute atomic E-state index is 6.20. The van der Waals surface area contributed by atoms with Gasteiger partial charge in [-0.25, -0.2) is 0 Å². The van der Waals surface area contributed by atoms with Crippen molar-refractivity contribution in [1.29, 1.82) is 0 Å². The number of hydrogen-bond acceptors (Lipinski definition) is 2. The molecule has 2 saturated carbocycles. The Labute approximate surface area is 118 Å². The van der Waals surface area contributed by atoms with Gasteiger partial charge in [-0.15, -0.1) is 0 Å². The topological polar surface area (TPSA) is 21.3 Å². The van der Waals surface area contributed by atoms with E-state index < -0.39 is 0 Å². The molecule has 3 rings (SSSR count). The Hall–Kier alpha value is -0.0800. The number of ether oxygens (including phenoxy) is 1. The molecule has 2 aliphatic carbocycles. The van der Waals surface area contributed by atoms with Crippen LogP contribution in [0.15, 0.2) is 0 Å². The minimum atomic E-state index is 0.459. The van der Waals surface area contributed by atoms with E-state index in [0.717, 1.165) is 18.4 Å². The Morgan fingerprint density at radius 2 is 1.89 bits per heavy atom. The molecule has 0 aromatic carbocycles. The average molecular weight is 265 g/mol. The molecular formula is C17H31NO. The summed E-state index contributed by atoms with van der Waals surface area (Å²) >= 11 is 0. The standard InChI is InChI=1S/C17H31NO/c1-13(2)18-12-17(11-14-5-3-4-6-14)9-10-19-16(17)15-7-8-15/h13-16,18H,3-12H2,1-2H3. The van der Waals surface area contributed by atoms with Gasteiger partial charge in [0, 0.05) is 24.6 Å². The molecule has 1 N–H and O–H groups in total. The first-order chi connectivity index (χ1) is 9.20. The fraction of sp³-hybridized carbons (Fsp3) is 1.00. The molecule has 1 aliphatic heterocycles. The van der Waals surface area contributed by atoms with Crippen LogP contribution in [0.25, 0.3) is 0 Å². The van der Waals surface area contributed by atoms with Crippen LogP contribution in [0, 0.1) is 17.3 Å². The maximum Gasteiger partial charge on any atom is 0.0672 e. The first-order valence-electron chi connectivity index (χ1n) is 8.55. The van der Waals surface area contributed by atoms with Crippen LogP contribution in [-0.2, 0) is 4.74 Å². The molecule has 110 valence electrons. The van der Waals surface area contributed by atoms with Gasteiger partial charge in [-0.3, -0.25) is 0 Å². The van der Waals surface area contributed by atoms with Crippen LogP contribution in [-0.4, -0.2) is 25.3 Å². The summed E-state index contributed by atoms with van der Waals surface area (Å²) in [5.74, 6) is 1.87. The highest BCUT2D eigenvalue weighted by molar-refractivity contribution is 5.01. The van der Waals surface area contributed by atoms with Crippen molar-refractivity contribution in [3.05, 3.63) is 0 Å². The third kappa shape index (κ3) is 3.16. The van der Waals surface area contributed by atoms with Crippen LogP contribution in [0.1, 0.15) is 65.2 Å². The molecule has 3 aliphatic rings. The molecule has 19 heavy (non-hydrogen) atoms. The minimum absolute atomic E-state index is 0.459. The lowest BCUT2D eigenvalue weighted by molar-refractivity contribution is 0.0180. The Kier molecular flexibility index (Phi) is 4.19. The zero-order chi connectivity index (χ0) is 13.3. The van der Waals surface area contributed by atoms with E-state index in [4.69, 9.17) is 4.74 Å². The lowest BCUT2D eigenvalue weighted by atomic mass is 9.71. The molecule has 0 aromatic heterocycles. The lowest BCUT2D eigenvalue weighted by Crippen LogP contribution is -2.44. The summed E-state index contributed by atoms with van der Waals surface area (Å²) in [5, 5.41) is 3.73. The second-order valence-electron chi connectivity index (χ2n) is 7.63. The smallest absolute Gasteiger partial charge is 0.0672 e. The largest absolute Gasteiger partial charge is 0.377 e. The molecular weight excluding hydrogens is 234 g/mol. The molecule has 0 bridgehead atoms. The van der Waals surface area contributed by atoms with Crippen LogP contribution in [0.5, 0.6) is 0 Å². The van der Waals surface area contributed by atoms with Crippen molar-refractivity contribution in [3.63, 3.8) is 0 Å². The molecule has 0 spiro atoms. The van der Waals surface area contributed by atoms with Gasteiger partial charge in [-0.05, 0) is 37.5 Å². The quantitative estimate of drug-likeness (QED) is 0.789. The highest BCUT2D eigenvalue weighted by Gasteiger charge is 2.51. The summed E-state index contributed by atoms with van der Waals surface area (Å²) in [7, 11) is 0. The fourth-order valence-corrected chi connectivity index (χ4v) is 4.42. The molecule has 2 atom stereocenters. The van der Waals surface area contributed by atoms with E-state index in [1.807, 2.05) is 0 Å². The van der Waals surface area contributed by atoms with Crippen molar-refractivity contribution in [1.82, 2.24) is 5.32 Å². The van der Waals surface area contributed by atoms with Crippen LogP contribution in [0.4, 0.5) is 0 Å². The fourth-order valence-electron chi connectivity index (χ4n) is 4.42. The second kappa shape index (κ2) is 5.73. The summed E-state index contributed by atoms with van der Waals surface area (Å²) in [6.45, 7) is 6.73. The van der Waals surface area contributed by atoms with Gasteiger partial charge in [0.15, 0.2) is 0 Å². The van der Waals surface area contributed by atoms with E-state index in [0.29, 0.717) is 17.6 Å². The first kappa shape index (κ1) is 13.9. The van der Waals surface area contributed by atoms with E-state index >= 15 is 0 Å². The molecule has 2 heteroatoms. The molecule has 0 aromatic rings. The Morgan fingerprint density at radius 3 is 2.53 bits per heavy atom.